The first-order valence-corrected chi connectivity index (χ1v) is 17.0. The third-order valence-electron chi connectivity index (χ3n) is 8.54. The second kappa shape index (κ2) is 14.3. The van der Waals surface area contributed by atoms with Crippen molar-refractivity contribution < 1.29 is 23.7 Å². The zero-order valence-electron chi connectivity index (χ0n) is 27.8. The Labute approximate surface area is 292 Å². The number of rotatable bonds is 10. The maximum atomic E-state index is 14.7. The molecule has 1 aromatic heterocycles. The van der Waals surface area contributed by atoms with Crippen LogP contribution in [-0.2, 0) is 16.1 Å². The van der Waals surface area contributed by atoms with Gasteiger partial charge in [0.15, 0.2) is 16.3 Å². The highest BCUT2D eigenvalue weighted by Crippen LogP contribution is 2.38. The number of hydrogen-bond acceptors (Lipinski definition) is 8. The van der Waals surface area contributed by atoms with E-state index in [1.807, 2.05) is 109 Å². The lowest BCUT2D eigenvalue weighted by Gasteiger charge is -2.26. The molecule has 1 aliphatic rings. The van der Waals surface area contributed by atoms with Gasteiger partial charge in [-0.1, -0.05) is 108 Å². The Kier molecular flexibility index (Phi) is 9.31. The number of aromatic nitrogens is 1. The maximum Gasteiger partial charge on any atom is 0.338 e. The van der Waals surface area contributed by atoms with Gasteiger partial charge in [-0.15, -0.1) is 0 Å². The summed E-state index contributed by atoms with van der Waals surface area (Å²) in [7, 11) is 3.11. The normalized spacial score (nSPS) is 14.2. The predicted molar refractivity (Wildman–Crippen MR) is 195 cm³/mol. The third kappa shape index (κ3) is 6.19. The zero-order valence-corrected chi connectivity index (χ0v) is 28.6. The van der Waals surface area contributed by atoms with Crippen molar-refractivity contribution in [3.63, 3.8) is 0 Å². The predicted octanol–water partition coefficient (Wildman–Crippen LogP) is 6.69. The van der Waals surface area contributed by atoms with Gasteiger partial charge in [-0.05, 0) is 53.1 Å². The number of hydrogen-bond donors (Lipinski definition) is 0. The van der Waals surface area contributed by atoms with Gasteiger partial charge in [-0.3, -0.25) is 9.36 Å². The molecule has 1 atom stereocenters. The molecule has 5 aromatic carbocycles. The molecule has 0 N–H and O–H groups in total. The highest BCUT2D eigenvalue weighted by atomic mass is 32.1. The largest absolute Gasteiger partial charge is 0.493 e. The van der Waals surface area contributed by atoms with Crippen molar-refractivity contribution in [2.75, 3.05) is 20.8 Å². The molecule has 9 heteroatoms. The molecule has 0 radical (unpaired) electrons. The summed E-state index contributed by atoms with van der Waals surface area (Å²) in [4.78, 5) is 34.0. The van der Waals surface area contributed by atoms with E-state index >= 15 is 0 Å². The molecule has 6 aromatic rings. The Balaban J connectivity index is 1.48. The summed E-state index contributed by atoms with van der Waals surface area (Å²) in [6, 6.07) is 35.9. The van der Waals surface area contributed by atoms with Crippen LogP contribution < -0.4 is 29.1 Å². The minimum absolute atomic E-state index is 0.153. The van der Waals surface area contributed by atoms with Gasteiger partial charge >= 0.3 is 5.97 Å². The van der Waals surface area contributed by atoms with E-state index in [4.69, 9.17) is 23.9 Å². The van der Waals surface area contributed by atoms with Gasteiger partial charge < -0.3 is 18.9 Å². The van der Waals surface area contributed by atoms with E-state index in [9.17, 15) is 9.59 Å². The lowest BCUT2D eigenvalue weighted by molar-refractivity contribution is -0.138. The van der Waals surface area contributed by atoms with Crippen molar-refractivity contribution in [2.24, 2.45) is 4.99 Å². The van der Waals surface area contributed by atoms with E-state index in [0.29, 0.717) is 44.4 Å². The van der Waals surface area contributed by atoms with Gasteiger partial charge in [0.2, 0.25) is 0 Å². The first kappa shape index (κ1) is 32.6. The molecule has 0 unspecified atom stereocenters. The number of ether oxygens (including phenoxy) is 4. The van der Waals surface area contributed by atoms with Gasteiger partial charge in [0, 0.05) is 11.1 Å². The highest BCUT2D eigenvalue weighted by Gasteiger charge is 2.35. The number of esters is 1. The van der Waals surface area contributed by atoms with Gasteiger partial charge in [0.05, 0.1) is 42.7 Å². The van der Waals surface area contributed by atoms with E-state index in [1.165, 1.54) is 11.3 Å². The number of fused-ring (bicyclic) bond motifs is 2. The molecule has 50 heavy (non-hydrogen) atoms. The highest BCUT2D eigenvalue weighted by molar-refractivity contribution is 7.07. The average Bonchev–Trinajstić information content (AvgIpc) is 3.48. The SMILES string of the molecule is CCOC(=O)C1=C(c2ccccc2)N=c2s/c(=C\c3c(OCc4ccccc4)ccc4ccccc34)c(=O)n2[C@@H]1c1ccc(OC)c(OC)c1. The summed E-state index contributed by atoms with van der Waals surface area (Å²) >= 11 is 1.26. The summed E-state index contributed by atoms with van der Waals surface area (Å²) in [5.74, 6) is 1.07. The quantitative estimate of drug-likeness (QED) is 0.150. The number of benzene rings is 5. The van der Waals surface area contributed by atoms with E-state index in [-0.39, 0.29) is 17.7 Å². The van der Waals surface area contributed by atoms with Crippen LogP contribution in [-0.4, -0.2) is 31.4 Å². The van der Waals surface area contributed by atoms with Crippen molar-refractivity contribution >= 4 is 39.9 Å². The molecule has 7 rings (SSSR count). The fourth-order valence-electron chi connectivity index (χ4n) is 6.20. The standard InChI is InChI=1S/C41H34N2O6S/c1-4-48-40(45)36-37(28-16-9-6-10-17-28)42-41-43(38(36)29-20-22-33(46-2)34(23-29)47-3)39(44)35(50-41)24-31-30-18-12-11-15-27(30)19-21-32(31)49-25-26-13-7-5-8-14-26/h5-24,38H,4,25H2,1-3H3/b35-24-/t38-/m1/s1. The molecule has 1 aliphatic heterocycles. The molecule has 0 saturated heterocycles. The van der Waals surface area contributed by atoms with Crippen LogP contribution in [0.1, 0.15) is 35.2 Å². The van der Waals surface area contributed by atoms with E-state index in [1.54, 1.807) is 37.8 Å². The van der Waals surface area contributed by atoms with Crippen LogP contribution in [0.25, 0.3) is 22.5 Å². The molecular formula is C41H34N2O6S. The number of carbonyl (C=O) groups excluding carboxylic acids is 1. The van der Waals surface area contributed by atoms with Gasteiger partial charge in [-0.25, -0.2) is 9.79 Å². The summed E-state index contributed by atoms with van der Waals surface area (Å²) < 4.78 is 25.2. The van der Waals surface area contributed by atoms with Crippen molar-refractivity contribution in [1.29, 1.82) is 0 Å². The average molecular weight is 683 g/mol. The molecule has 0 aliphatic carbocycles. The first-order chi connectivity index (χ1) is 24.5. The Morgan fingerprint density at radius 3 is 2.28 bits per heavy atom. The molecular weight excluding hydrogens is 649 g/mol. The van der Waals surface area contributed by atoms with Crippen molar-refractivity contribution in [3.05, 3.63) is 163 Å². The van der Waals surface area contributed by atoms with Crippen molar-refractivity contribution in [3.8, 4) is 17.2 Å². The summed E-state index contributed by atoms with van der Waals surface area (Å²) in [5.41, 5.74) is 3.56. The fourth-order valence-corrected chi connectivity index (χ4v) is 7.18. The number of methoxy groups -OCH3 is 2. The number of carbonyl (C=O) groups is 1. The Hall–Kier alpha value is -5.93. The smallest absolute Gasteiger partial charge is 0.338 e. The Morgan fingerprint density at radius 2 is 1.54 bits per heavy atom. The lowest BCUT2D eigenvalue weighted by Crippen LogP contribution is -2.40. The Bertz CT molecular complexity index is 2420. The molecule has 250 valence electrons. The van der Waals surface area contributed by atoms with Crippen LogP contribution in [0.3, 0.4) is 0 Å². The van der Waals surface area contributed by atoms with Crippen molar-refractivity contribution in [2.45, 2.75) is 19.6 Å². The van der Waals surface area contributed by atoms with Crippen LogP contribution in [0.5, 0.6) is 17.2 Å². The van der Waals surface area contributed by atoms with Crippen LogP contribution in [0.2, 0.25) is 0 Å². The molecule has 0 amide bonds. The van der Waals surface area contributed by atoms with E-state index < -0.39 is 12.0 Å². The van der Waals surface area contributed by atoms with Gasteiger partial charge in [-0.2, -0.15) is 0 Å². The van der Waals surface area contributed by atoms with E-state index in [2.05, 4.69) is 0 Å². The molecule has 8 nitrogen and oxygen atoms in total. The molecule has 0 spiro atoms. The maximum absolute atomic E-state index is 14.7. The summed E-state index contributed by atoms with van der Waals surface area (Å²) in [5, 5.41) is 1.95. The van der Waals surface area contributed by atoms with Crippen LogP contribution >= 0.6 is 11.3 Å². The molecule has 0 saturated carbocycles. The summed E-state index contributed by atoms with van der Waals surface area (Å²) in [6.07, 6.45) is 1.87. The lowest BCUT2D eigenvalue weighted by atomic mass is 9.93. The first-order valence-electron chi connectivity index (χ1n) is 16.2. The van der Waals surface area contributed by atoms with Crippen LogP contribution in [0.4, 0.5) is 0 Å². The van der Waals surface area contributed by atoms with Crippen LogP contribution in [0, 0.1) is 0 Å². The second-order valence-corrected chi connectivity index (χ2v) is 12.5. The minimum atomic E-state index is -0.871. The third-order valence-corrected chi connectivity index (χ3v) is 9.52. The summed E-state index contributed by atoms with van der Waals surface area (Å²) in [6.45, 7) is 2.27. The van der Waals surface area contributed by atoms with Crippen LogP contribution in [0.15, 0.2) is 131 Å². The topological polar surface area (TPSA) is 88.4 Å². The minimum Gasteiger partial charge on any atom is -0.493 e. The fraction of sp³-hybridized carbons (Fsp3) is 0.146. The number of thiazole rings is 1. The Morgan fingerprint density at radius 1 is 0.840 bits per heavy atom. The van der Waals surface area contributed by atoms with E-state index in [0.717, 1.165) is 27.5 Å². The molecule has 2 heterocycles. The van der Waals surface area contributed by atoms with Crippen molar-refractivity contribution in [1.82, 2.24) is 4.57 Å². The zero-order chi connectivity index (χ0) is 34.6. The molecule has 0 bridgehead atoms. The van der Waals surface area contributed by atoms with Gasteiger partial charge in [0.1, 0.15) is 12.4 Å². The molecule has 0 fully saturated rings. The van der Waals surface area contributed by atoms with Gasteiger partial charge in [0.25, 0.3) is 5.56 Å². The second-order valence-electron chi connectivity index (χ2n) is 11.5. The number of nitrogens with zero attached hydrogens (tertiary/aromatic N) is 2. The monoisotopic (exact) mass is 682 g/mol.